The van der Waals surface area contributed by atoms with Crippen LogP contribution in [0.25, 0.3) is 0 Å². The second-order valence-electron chi connectivity index (χ2n) is 4.53. The smallest absolute Gasteiger partial charge is 0.189 e. The highest BCUT2D eigenvalue weighted by atomic mass is 79.9. The van der Waals surface area contributed by atoms with Crippen molar-refractivity contribution in [3.05, 3.63) is 56.8 Å². The Morgan fingerprint density at radius 1 is 1.29 bits per heavy atom. The molecule has 3 nitrogen and oxygen atoms in total. The molecule has 2 aromatic rings. The van der Waals surface area contributed by atoms with Crippen molar-refractivity contribution in [3.63, 3.8) is 0 Å². The summed E-state index contributed by atoms with van der Waals surface area (Å²) < 4.78 is 30.1. The molecule has 6 heteroatoms. The van der Waals surface area contributed by atoms with Gasteiger partial charge in [0, 0.05) is 16.1 Å². The van der Waals surface area contributed by atoms with Gasteiger partial charge in [-0.15, -0.1) is 0 Å². The van der Waals surface area contributed by atoms with E-state index in [1.54, 1.807) is 12.1 Å². The molecule has 0 radical (unpaired) electrons. The maximum atomic E-state index is 13.1. The molecule has 21 heavy (non-hydrogen) atoms. The van der Waals surface area contributed by atoms with E-state index in [-0.39, 0.29) is 19.2 Å². The lowest BCUT2D eigenvalue weighted by molar-refractivity contribution is -0.0175. The number of benzene rings is 2. The third-order valence-electron chi connectivity index (χ3n) is 3.03. The summed E-state index contributed by atoms with van der Waals surface area (Å²) in [6.45, 7) is 0.943. The Morgan fingerprint density at radius 2 is 2.14 bits per heavy atom. The van der Waals surface area contributed by atoms with Gasteiger partial charge >= 0.3 is 0 Å². The minimum absolute atomic E-state index is 0.210. The Kier molecular flexibility index (Phi) is 4.33. The van der Waals surface area contributed by atoms with Crippen molar-refractivity contribution in [1.29, 1.82) is 0 Å². The van der Waals surface area contributed by atoms with Crippen LogP contribution in [0.3, 0.4) is 0 Å². The number of halogens is 3. The highest BCUT2D eigenvalue weighted by molar-refractivity contribution is 9.10. The number of hydrogen-bond donors (Lipinski definition) is 0. The fourth-order valence-electron chi connectivity index (χ4n) is 2.11. The van der Waals surface area contributed by atoms with Crippen LogP contribution in [-0.2, 0) is 18.0 Å². The zero-order valence-electron chi connectivity index (χ0n) is 10.9. The van der Waals surface area contributed by atoms with Gasteiger partial charge in [0.15, 0.2) is 6.79 Å². The van der Waals surface area contributed by atoms with Crippen molar-refractivity contribution in [3.8, 4) is 11.5 Å². The lowest BCUT2D eigenvalue weighted by Crippen LogP contribution is -2.14. The Hall–Kier alpha value is -1.30. The maximum absolute atomic E-state index is 13.1. The van der Waals surface area contributed by atoms with E-state index in [2.05, 4.69) is 15.9 Å². The quantitative estimate of drug-likeness (QED) is 0.781. The SMILES string of the molecule is Fc1ccc(OCc2cc(Cl)cc3c2OCOC3)c(Br)c1. The standard InChI is InChI=1S/C15H11BrClFO3/c16-13-5-12(18)1-2-14(13)20-7-10-4-11(17)3-9-6-19-8-21-15(9)10/h1-5H,6-8H2. The third-order valence-corrected chi connectivity index (χ3v) is 3.87. The van der Waals surface area contributed by atoms with Crippen molar-refractivity contribution in [1.82, 2.24) is 0 Å². The summed E-state index contributed by atoms with van der Waals surface area (Å²) in [6.07, 6.45) is 0. The summed E-state index contributed by atoms with van der Waals surface area (Å²) in [5.74, 6) is 0.968. The van der Waals surface area contributed by atoms with Crippen molar-refractivity contribution in [2.24, 2.45) is 0 Å². The Bertz CT molecular complexity index is 678. The first-order valence-electron chi connectivity index (χ1n) is 6.23. The summed E-state index contributed by atoms with van der Waals surface area (Å²) in [7, 11) is 0. The van der Waals surface area contributed by atoms with Gasteiger partial charge in [0.2, 0.25) is 0 Å². The van der Waals surface area contributed by atoms with Gasteiger partial charge in [-0.2, -0.15) is 0 Å². The Labute approximate surface area is 134 Å². The molecule has 0 aliphatic carbocycles. The van der Waals surface area contributed by atoms with Crippen LogP contribution in [0.2, 0.25) is 5.02 Å². The van der Waals surface area contributed by atoms with E-state index < -0.39 is 0 Å². The van der Waals surface area contributed by atoms with Gasteiger partial charge in [-0.3, -0.25) is 0 Å². The molecule has 1 aliphatic rings. The van der Waals surface area contributed by atoms with E-state index in [0.717, 1.165) is 16.9 Å². The predicted molar refractivity (Wildman–Crippen MR) is 80.2 cm³/mol. The Balaban J connectivity index is 1.83. The zero-order chi connectivity index (χ0) is 14.8. The third kappa shape index (κ3) is 3.31. The molecule has 0 aromatic heterocycles. The van der Waals surface area contributed by atoms with Gasteiger partial charge < -0.3 is 14.2 Å². The highest BCUT2D eigenvalue weighted by Crippen LogP contribution is 2.33. The van der Waals surface area contributed by atoms with Crippen LogP contribution in [0.1, 0.15) is 11.1 Å². The number of rotatable bonds is 3. The van der Waals surface area contributed by atoms with E-state index in [1.165, 1.54) is 12.1 Å². The van der Waals surface area contributed by atoms with Crippen LogP contribution in [0, 0.1) is 5.82 Å². The largest absolute Gasteiger partial charge is 0.488 e. The molecule has 0 amide bonds. The van der Waals surface area contributed by atoms with E-state index in [0.29, 0.717) is 21.9 Å². The molecule has 0 saturated carbocycles. The van der Waals surface area contributed by atoms with Crippen LogP contribution in [0.4, 0.5) is 4.39 Å². The van der Waals surface area contributed by atoms with Gasteiger partial charge in [-0.1, -0.05) is 11.6 Å². The lowest BCUT2D eigenvalue weighted by Gasteiger charge is -2.21. The topological polar surface area (TPSA) is 27.7 Å². The molecule has 0 saturated heterocycles. The fraction of sp³-hybridized carbons (Fsp3) is 0.200. The van der Waals surface area contributed by atoms with Gasteiger partial charge in [-0.05, 0) is 46.3 Å². The average molecular weight is 374 g/mol. The molecular weight excluding hydrogens is 363 g/mol. The number of hydrogen-bond acceptors (Lipinski definition) is 3. The van der Waals surface area contributed by atoms with Gasteiger partial charge in [0.25, 0.3) is 0 Å². The summed E-state index contributed by atoms with van der Waals surface area (Å²) in [5, 5.41) is 0.597. The molecule has 0 spiro atoms. The zero-order valence-corrected chi connectivity index (χ0v) is 13.2. The molecule has 0 atom stereocenters. The highest BCUT2D eigenvalue weighted by Gasteiger charge is 2.17. The minimum Gasteiger partial charge on any atom is -0.488 e. The molecule has 3 rings (SSSR count). The molecular formula is C15H11BrClFO3. The monoisotopic (exact) mass is 372 g/mol. The van der Waals surface area contributed by atoms with Gasteiger partial charge in [0.05, 0.1) is 11.1 Å². The predicted octanol–water partition coefficient (Wildman–Crippen LogP) is 4.69. The molecule has 0 N–H and O–H groups in total. The van der Waals surface area contributed by atoms with E-state index in [9.17, 15) is 4.39 Å². The number of fused-ring (bicyclic) bond motifs is 1. The first-order chi connectivity index (χ1) is 10.1. The van der Waals surface area contributed by atoms with Gasteiger partial charge in [0.1, 0.15) is 23.9 Å². The molecule has 2 aromatic carbocycles. The van der Waals surface area contributed by atoms with Crippen LogP contribution in [0.5, 0.6) is 11.5 Å². The van der Waals surface area contributed by atoms with Crippen molar-refractivity contribution < 1.29 is 18.6 Å². The molecule has 0 fully saturated rings. The van der Waals surface area contributed by atoms with Crippen molar-refractivity contribution in [2.45, 2.75) is 13.2 Å². The van der Waals surface area contributed by atoms with Crippen LogP contribution >= 0.6 is 27.5 Å². The van der Waals surface area contributed by atoms with E-state index >= 15 is 0 Å². The first kappa shape index (κ1) is 14.6. The molecule has 0 unspecified atom stereocenters. The normalized spacial score (nSPS) is 13.5. The lowest BCUT2D eigenvalue weighted by atomic mass is 10.1. The molecule has 1 heterocycles. The van der Waals surface area contributed by atoms with Crippen LogP contribution in [-0.4, -0.2) is 6.79 Å². The van der Waals surface area contributed by atoms with Crippen LogP contribution < -0.4 is 9.47 Å². The number of ether oxygens (including phenoxy) is 3. The Morgan fingerprint density at radius 3 is 2.95 bits per heavy atom. The van der Waals surface area contributed by atoms with Gasteiger partial charge in [-0.25, -0.2) is 4.39 Å². The van der Waals surface area contributed by atoms with Crippen molar-refractivity contribution in [2.75, 3.05) is 6.79 Å². The molecule has 1 aliphatic heterocycles. The fourth-order valence-corrected chi connectivity index (χ4v) is 2.84. The summed E-state index contributed by atoms with van der Waals surface area (Å²) in [5.41, 5.74) is 1.72. The summed E-state index contributed by atoms with van der Waals surface area (Å²) in [4.78, 5) is 0. The maximum Gasteiger partial charge on any atom is 0.189 e. The first-order valence-corrected chi connectivity index (χ1v) is 7.40. The van der Waals surface area contributed by atoms with E-state index in [4.69, 9.17) is 25.8 Å². The minimum atomic E-state index is -0.324. The summed E-state index contributed by atoms with van der Waals surface area (Å²) in [6, 6.07) is 7.88. The second kappa shape index (κ2) is 6.22. The van der Waals surface area contributed by atoms with Crippen molar-refractivity contribution >= 4 is 27.5 Å². The van der Waals surface area contributed by atoms with E-state index in [1.807, 2.05) is 6.07 Å². The molecule has 0 bridgehead atoms. The van der Waals surface area contributed by atoms with Crippen LogP contribution in [0.15, 0.2) is 34.8 Å². The summed E-state index contributed by atoms with van der Waals surface area (Å²) >= 11 is 9.36. The molecule has 110 valence electrons. The average Bonchev–Trinajstić information content (AvgIpc) is 2.46. The second-order valence-corrected chi connectivity index (χ2v) is 5.82.